The van der Waals surface area contributed by atoms with Crippen LogP contribution >= 0.6 is 27.3 Å². The Labute approximate surface area is 133 Å². The molecule has 8 heteroatoms. The summed E-state index contributed by atoms with van der Waals surface area (Å²) in [5.74, 6) is -1.06. The fourth-order valence-corrected chi connectivity index (χ4v) is 2.97. The van der Waals surface area contributed by atoms with Crippen molar-refractivity contribution in [3.05, 3.63) is 38.9 Å². The lowest BCUT2D eigenvalue weighted by Crippen LogP contribution is -2.20. The highest BCUT2D eigenvalue weighted by atomic mass is 79.9. The number of hydrogen-bond donors (Lipinski definition) is 3. The second-order valence-electron chi connectivity index (χ2n) is 4.24. The number of carbonyl (C=O) groups is 2. The Bertz CT molecular complexity index is 697. The Balaban J connectivity index is 2.15. The molecule has 0 saturated heterocycles. The van der Waals surface area contributed by atoms with Crippen LogP contribution in [-0.4, -0.2) is 22.1 Å². The lowest BCUT2D eigenvalue weighted by atomic mass is 10.1. The maximum atomic E-state index is 11.9. The van der Waals surface area contributed by atoms with Gasteiger partial charge in [-0.1, -0.05) is 0 Å². The van der Waals surface area contributed by atoms with Gasteiger partial charge in [0.25, 0.3) is 0 Å². The van der Waals surface area contributed by atoms with Gasteiger partial charge in [0.2, 0.25) is 0 Å². The molecular weight excluding hydrogens is 358 g/mol. The van der Waals surface area contributed by atoms with E-state index < -0.39 is 12.0 Å². The smallest absolute Gasteiger partial charge is 0.338 e. The summed E-state index contributed by atoms with van der Waals surface area (Å²) in [4.78, 5) is 28.0. The number of aromatic carboxylic acids is 1. The van der Waals surface area contributed by atoms with E-state index in [9.17, 15) is 14.7 Å². The number of hydrogen-bond acceptors (Lipinski definition) is 4. The van der Waals surface area contributed by atoms with E-state index in [1.165, 1.54) is 17.5 Å². The predicted octanol–water partition coefficient (Wildman–Crippen LogP) is 3.86. The molecule has 0 aliphatic carbocycles. The monoisotopic (exact) mass is 369 g/mol. The Kier molecular flexibility index (Phi) is 4.59. The maximum absolute atomic E-state index is 11.9. The minimum atomic E-state index is -1.06. The molecule has 2 amide bonds. The standard InChI is InChI=1S/C13H12BrN3O3S/c1-6-7(2)21-11(10(6)12(18)19)17-13(20)16-8-3-4-9(14)15-5-8/h3-5H,1-2H3,(H,18,19)(H2,16,17,20). The van der Waals surface area contributed by atoms with Gasteiger partial charge in [-0.25, -0.2) is 14.6 Å². The second kappa shape index (κ2) is 6.23. The summed E-state index contributed by atoms with van der Waals surface area (Å²) in [6.45, 7) is 3.53. The van der Waals surface area contributed by atoms with Crippen molar-refractivity contribution in [2.75, 3.05) is 10.6 Å². The minimum absolute atomic E-state index is 0.126. The zero-order valence-corrected chi connectivity index (χ0v) is 13.6. The molecule has 0 aliphatic heterocycles. The Morgan fingerprint density at radius 2 is 2.00 bits per heavy atom. The summed E-state index contributed by atoms with van der Waals surface area (Å²) in [7, 11) is 0. The molecular formula is C13H12BrN3O3S. The van der Waals surface area contributed by atoms with Crippen LogP contribution in [0.4, 0.5) is 15.5 Å². The van der Waals surface area contributed by atoms with Crippen LogP contribution in [-0.2, 0) is 0 Å². The van der Waals surface area contributed by atoms with Gasteiger partial charge in [-0.3, -0.25) is 5.32 Å². The van der Waals surface area contributed by atoms with E-state index in [1.54, 1.807) is 19.1 Å². The summed E-state index contributed by atoms with van der Waals surface area (Å²) in [5, 5.41) is 14.7. The first-order chi connectivity index (χ1) is 9.88. The first kappa shape index (κ1) is 15.5. The summed E-state index contributed by atoms with van der Waals surface area (Å²) in [6.07, 6.45) is 1.49. The number of aryl methyl sites for hydroxylation is 1. The number of pyridine rings is 1. The summed E-state index contributed by atoms with van der Waals surface area (Å²) < 4.78 is 0.658. The number of rotatable bonds is 3. The van der Waals surface area contributed by atoms with Crippen molar-refractivity contribution in [3.63, 3.8) is 0 Å². The first-order valence-electron chi connectivity index (χ1n) is 5.91. The number of nitrogens with zero attached hydrogens (tertiary/aromatic N) is 1. The molecule has 2 rings (SSSR count). The number of carboxylic acid groups (broad SMARTS) is 1. The number of carboxylic acids is 1. The third kappa shape index (κ3) is 3.59. The van der Waals surface area contributed by atoms with Crippen LogP contribution in [0.15, 0.2) is 22.9 Å². The number of thiophene rings is 1. The zero-order chi connectivity index (χ0) is 15.6. The zero-order valence-electron chi connectivity index (χ0n) is 11.2. The van der Waals surface area contributed by atoms with Gasteiger partial charge in [0.05, 0.1) is 17.4 Å². The fraction of sp³-hybridized carbons (Fsp3) is 0.154. The number of carbonyl (C=O) groups excluding carboxylic acids is 1. The first-order valence-corrected chi connectivity index (χ1v) is 7.52. The quantitative estimate of drug-likeness (QED) is 0.716. The van der Waals surface area contributed by atoms with Gasteiger partial charge < -0.3 is 10.4 Å². The maximum Gasteiger partial charge on any atom is 0.338 e. The van der Waals surface area contributed by atoms with Crippen molar-refractivity contribution < 1.29 is 14.7 Å². The van der Waals surface area contributed by atoms with Gasteiger partial charge in [-0.2, -0.15) is 0 Å². The largest absolute Gasteiger partial charge is 0.478 e. The average molecular weight is 370 g/mol. The summed E-state index contributed by atoms with van der Waals surface area (Å²) in [5.41, 5.74) is 1.30. The van der Waals surface area contributed by atoms with Crippen molar-refractivity contribution in [2.45, 2.75) is 13.8 Å². The van der Waals surface area contributed by atoms with Crippen LogP contribution in [0.25, 0.3) is 0 Å². The van der Waals surface area contributed by atoms with Crippen LogP contribution in [0.5, 0.6) is 0 Å². The van der Waals surface area contributed by atoms with E-state index in [2.05, 4.69) is 31.5 Å². The van der Waals surface area contributed by atoms with Crippen LogP contribution in [0.2, 0.25) is 0 Å². The molecule has 0 radical (unpaired) electrons. The molecule has 2 aromatic rings. The van der Waals surface area contributed by atoms with E-state index in [1.807, 2.05) is 6.92 Å². The molecule has 0 unspecified atom stereocenters. The molecule has 0 aliphatic rings. The topological polar surface area (TPSA) is 91.3 Å². The molecule has 110 valence electrons. The molecule has 0 fully saturated rings. The van der Waals surface area contributed by atoms with Crippen molar-refractivity contribution in [3.8, 4) is 0 Å². The van der Waals surface area contributed by atoms with E-state index in [0.717, 1.165) is 4.88 Å². The summed E-state index contributed by atoms with van der Waals surface area (Å²) in [6, 6.07) is 2.86. The molecule has 0 atom stereocenters. The number of anilines is 2. The molecule has 2 heterocycles. The highest BCUT2D eigenvalue weighted by Crippen LogP contribution is 2.32. The molecule has 21 heavy (non-hydrogen) atoms. The lowest BCUT2D eigenvalue weighted by Gasteiger charge is -2.07. The Morgan fingerprint density at radius 3 is 2.57 bits per heavy atom. The van der Waals surface area contributed by atoms with E-state index in [4.69, 9.17) is 0 Å². The predicted molar refractivity (Wildman–Crippen MR) is 85.3 cm³/mol. The van der Waals surface area contributed by atoms with Crippen molar-refractivity contribution in [1.29, 1.82) is 0 Å². The second-order valence-corrected chi connectivity index (χ2v) is 6.28. The lowest BCUT2D eigenvalue weighted by molar-refractivity contribution is 0.0697. The van der Waals surface area contributed by atoms with E-state index in [0.29, 0.717) is 20.9 Å². The van der Waals surface area contributed by atoms with Gasteiger partial charge in [0.15, 0.2) is 0 Å². The van der Waals surface area contributed by atoms with Gasteiger partial charge >= 0.3 is 12.0 Å². The molecule has 0 aromatic carbocycles. The highest BCUT2D eigenvalue weighted by Gasteiger charge is 2.20. The van der Waals surface area contributed by atoms with Crippen molar-refractivity contribution in [2.24, 2.45) is 0 Å². The number of aromatic nitrogens is 1. The van der Waals surface area contributed by atoms with E-state index in [-0.39, 0.29) is 5.56 Å². The molecule has 0 saturated carbocycles. The highest BCUT2D eigenvalue weighted by molar-refractivity contribution is 9.10. The summed E-state index contributed by atoms with van der Waals surface area (Å²) >= 11 is 4.43. The van der Waals surface area contributed by atoms with Crippen LogP contribution < -0.4 is 10.6 Å². The average Bonchev–Trinajstić information content (AvgIpc) is 2.67. The molecule has 0 spiro atoms. The van der Waals surface area contributed by atoms with Gasteiger partial charge in [-0.15, -0.1) is 11.3 Å². The number of nitrogens with one attached hydrogen (secondary N) is 2. The SMILES string of the molecule is Cc1sc(NC(=O)Nc2ccc(Br)nc2)c(C(=O)O)c1C. The third-order valence-corrected chi connectivity index (χ3v) is 4.40. The molecule has 0 bridgehead atoms. The fourth-order valence-electron chi connectivity index (χ4n) is 1.69. The van der Waals surface area contributed by atoms with Crippen molar-refractivity contribution in [1.82, 2.24) is 4.98 Å². The molecule has 3 N–H and O–H groups in total. The number of urea groups is 1. The molecule has 2 aromatic heterocycles. The van der Waals surface area contributed by atoms with Crippen LogP contribution in [0.1, 0.15) is 20.8 Å². The number of amides is 2. The van der Waals surface area contributed by atoms with Gasteiger partial charge in [0.1, 0.15) is 9.60 Å². The van der Waals surface area contributed by atoms with Crippen LogP contribution in [0, 0.1) is 13.8 Å². The Hall–Kier alpha value is -1.93. The normalized spacial score (nSPS) is 10.2. The van der Waals surface area contributed by atoms with E-state index >= 15 is 0 Å². The Morgan fingerprint density at radius 1 is 1.29 bits per heavy atom. The third-order valence-electron chi connectivity index (χ3n) is 2.81. The number of halogens is 1. The van der Waals surface area contributed by atoms with Crippen LogP contribution in [0.3, 0.4) is 0 Å². The molecule has 6 nitrogen and oxygen atoms in total. The van der Waals surface area contributed by atoms with Gasteiger partial charge in [0, 0.05) is 4.88 Å². The minimum Gasteiger partial charge on any atom is -0.478 e. The van der Waals surface area contributed by atoms with Gasteiger partial charge in [-0.05, 0) is 47.5 Å². The van der Waals surface area contributed by atoms with Crippen molar-refractivity contribution >= 4 is 50.0 Å².